The van der Waals surface area contributed by atoms with E-state index in [9.17, 15) is 28.5 Å². The highest BCUT2D eigenvalue weighted by molar-refractivity contribution is 7.69. The molecule has 0 N–H and O–H groups in total. The van der Waals surface area contributed by atoms with Crippen LogP contribution in [0.1, 0.15) is 65.2 Å². The number of rotatable bonds is 18. The molecular formula is C39H40O14P2-2. The first kappa shape index (κ1) is 40.0. The Bertz CT molecular complexity index is 2020. The minimum atomic E-state index is -5.04. The summed E-state index contributed by atoms with van der Waals surface area (Å²) in [6.07, 6.45) is -0.229. The molecule has 0 amide bonds. The van der Waals surface area contributed by atoms with Crippen LogP contribution in [-0.4, -0.2) is 45.3 Å². The molecule has 2 atom stereocenters. The van der Waals surface area contributed by atoms with Crippen molar-refractivity contribution < 1.29 is 66.0 Å². The van der Waals surface area contributed by atoms with E-state index in [4.69, 9.17) is 37.5 Å². The molecule has 0 bridgehead atoms. The summed E-state index contributed by atoms with van der Waals surface area (Å²) >= 11 is 0. The van der Waals surface area contributed by atoms with Crippen molar-refractivity contribution in [1.29, 1.82) is 0 Å². The predicted octanol–water partition coefficient (Wildman–Crippen LogP) is 5.70. The molecule has 4 aromatic carbocycles. The quantitative estimate of drug-likeness (QED) is 0.0881. The van der Waals surface area contributed by atoms with E-state index < -0.39 is 46.2 Å². The first-order chi connectivity index (χ1) is 26.3. The van der Waals surface area contributed by atoms with Gasteiger partial charge in [-0.3, -0.25) is 0 Å². The molecule has 16 heteroatoms. The Morgan fingerprint density at radius 1 is 0.618 bits per heavy atom. The van der Waals surface area contributed by atoms with Crippen molar-refractivity contribution in [3.05, 3.63) is 116 Å². The average molecular weight is 795 g/mol. The SMILES string of the molecule is COc1c(C)c2c(c(OCc3ccccc3)c1CCOP(=O)([O-])CP(=O)([O-])OCCc1c(OC)c(C)c3c(c1OCc1ccccc1)C(=O)OC3)C(=O)OC2. The van der Waals surface area contributed by atoms with Gasteiger partial charge in [0.2, 0.25) is 0 Å². The smallest absolute Gasteiger partial charge is 0.342 e. The van der Waals surface area contributed by atoms with Gasteiger partial charge >= 0.3 is 11.9 Å². The van der Waals surface area contributed by atoms with E-state index in [2.05, 4.69) is 0 Å². The zero-order valence-corrected chi connectivity index (χ0v) is 32.5. The fourth-order valence-corrected chi connectivity index (χ4v) is 9.84. The van der Waals surface area contributed by atoms with Crippen LogP contribution in [0.25, 0.3) is 0 Å². The Labute approximate surface area is 318 Å². The minimum absolute atomic E-state index is 0.0246. The van der Waals surface area contributed by atoms with Crippen LogP contribution in [0.2, 0.25) is 0 Å². The van der Waals surface area contributed by atoms with Crippen molar-refractivity contribution in [3.8, 4) is 23.0 Å². The van der Waals surface area contributed by atoms with Crippen molar-refractivity contribution in [3.63, 3.8) is 0 Å². The molecule has 0 spiro atoms. The fraction of sp³-hybridized carbons (Fsp3) is 0.333. The topological polar surface area (TPSA) is 188 Å². The van der Waals surface area contributed by atoms with Crippen LogP contribution in [0, 0.1) is 13.8 Å². The zero-order chi connectivity index (χ0) is 39.3. The Kier molecular flexibility index (Phi) is 12.4. The number of benzene rings is 4. The Hall–Kier alpha value is -4.68. The number of fused-ring (bicyclic) bond motifs is 2. The van der Waals surface area contributed by atoms with Crippen molar-refractivity contribution >= 4 is 27.1 Å². The minimum Gasteiger partial charge on any atom is -0.778 e. The summed E-state index contributed by atoms with van der Waals surface area (Å²) in [7, 11) is -7.20. The molecule has 0 aliphatic carbocycles. The van der Waals surface area contributed by atoms with Gasteiger partial charge in [0.15, 0.2) is 0 Å². The lowest BCUT2D eigenvalue weighted by atomic mass is 9.95. The van der Waals surface area contributed by atoms with Gasteiger partial charge in [-0.2, -0.15) is 0 Å². The fourth-order valence-electron chi connectivity index (χ4n) is 6.75. The molecule has 292 valence electrons. The number of esters is 2. The lowest BCUT2D eigenvalue weighted by Crippen LogP contribution is -2.18. The molecule has 0 aromatic heterocycles. The second-order valence-electron chi connectivity index (χ2n) is 12.9. The second kappa shape index (κ2) is 17.0. The molecule has 0 fully saturated rings. The van der Waals surface area contributed by atoms with Crippen LogP contribution in [0.5, 0.6) is 23.0 Å². The van der Waals surface area contributed by atoms with Crippen LogP contribution in [-0.2, 0) is 66.9 Å². The maximum Gasteiger partial charge on any atom is 0.342 e. The van der Waals surface area contributed by atoms with E-state index in [1.165, 1.54) is 14.2 Å². The van der Waals surface area contributed by atoms with Crippen LogP contribution >= 0.6 is 15.2 Å². The van der Waals surface area contributed by atoms with E-state index in [1.54, 1.807) is 13.8 Å². The molecule has 55 heavy (non-hydrogen) atoms. The van der Waals surface area contributed by atoms with E-state index in [1.807, 2.05) is 60.7 Å². The predicted molar refractivity (Wildman–Crippen MR) is 195 cm³/mol. The monoisotopic (exact) mass is 794 g/mol. The molecule has 4 aromatic rings. The molecule has 0 radical (unpaired) electrons. The Morgan fingerprint density at radius 3 is 1.36 bits per heavy atom. The maximum atomic E-state index is 13.0. The van der Waals surface area contributed by atoms with Gasteiger partial charge in [0, 0.05) is 35.1 Å². The van der Waals surface area contributed by atoms with Gasteiger partial charge in [0.05, 0.1) is 33.3 Å². The van der Waals surface area contributed by atoms with E-state index in [0.29, 0.717) is 44.9 Å². The van der Waals surface area contributed by atoms with Crippen LogP contribution in [0.15, 0.2) is 60.7 Å². The molecule has 2 unspecified atom stereocenters. The summed E-state index contributed by atoms with van der Waals surface area (Å²) < 4.78 is 70.6. The van der Waals surface area contributed by atoms with Gasteiger partial charge in [-0.1, -0.05) is 60.7 Å². The molecule has 14 nitrogen and oxygen atoms in total. The highest BCUT2D eigenvalue weighted by atomic mass is 31.2. The molecule has 0 saturated carbocycles. The van der Waals surface area contributed by atoms with E-state index in [0.717, 1.165) is 11.1 Å². The van der Waals surface area contributed by atoms with Crippen molar-refractivity contribution in [1.82, 2.24) is 0 Å². The van der Waals surface area contributed by atoms with E-state index >= 15 is 0 Å². The molecule has 2 aliphatic rings. The number of methoxy groups -OCH3 is 2. The van der Waals surface area contributed by atoms with Gasteiger partial charge < -0.3 is 56.4 Å². The van der Waals surface area contributed by atoms with Crippen molar-refractivity contribution in [2.75, 3.05) is 33.3 Å². The number of hydrogen-bond acceptors (Lipinski definition) is 14. The molecule has 6 rings (SSSR count). The Morgan fingerprint density at radius 2 is 1.00 bits per heavy atom. The molecular weight excluding hydrogens is 754 g/mol. The third-order valence-electron chi connectivity index (χ3n) is 9.33. The van der Waals surface area contributed by atoms with E-state index in [-0.39, 0.29) is 61.9 Å². The number of carbonyl (C=O) groups excluding carboxylic acids is 2. The lowest BCUT2D eigenvalue weighted by molar-refractivity contribution is -0.207. The standard InChI is InChI=1S/C39H42O14P2/c1-24-30-21-50-38(40)32(30)36(48-19-26-11-7-5-8-12-26)28(34(24)46-3)15-17-52-54(42,43)23-55(44,45)53-18-16-29-35(47-4)25(2)31-22-51-39(41)33(31)37(29)49-20-27-13-9-6-10-14-27/h5-14H,15-23H2,1-4H3,(H,42,43)(H,44,45)/p-2. The number of ether oxygens (including phenoxy) is 6. The maximum absolute atomic E-state index is 13.0. The first-order valence-electron chi connectivity index (χ1n) is 17.4. The summed E-state index contributed by atoms with van der Waals surface area (Å²) in [5.41, 5.74) is 5.23. The van der Waals surface area contributed by atoms with Crippen LogP contribution < -0.4 is 28.7 Å². The number of cyclic esters (lactones) is 2. The third-order valence-corrected chi connectivity index (χ3v) is 13.3. The van der Waals surface area contributed by atoms with Crippen LogP contribution in [0.4, 0.5) is 0 Å². The molecule has 0 saturated heterocycles. The van der Waals surface area contributed by atoms with Gasteiger partial charge in [0.1, 0.15) is 75.7 Å². The summed E-state index contributed by atoms with van der Waals surface area (Å²) in [6, 6.07) is 18.5. The van der Waals surface area contributed by atoms with Crippen molar-refractivity contribution in [2.45, 2.75) is 53.1 Å². The van der Waals surface area contributed by atoms with Gasteiger partial charge in [-0.05, 0) is 36.1 Å². The lowest BCUT2D eigenvalue weighted by Gasteiger charge is -2.31. The van der Waals surface area contributed by atoms with Gasteiger partial charge in [-0.15, -0.1) is 0 Å². The number of carbonyl (C=O) groups is 2. The largest absolute Gasteiger partial charge is 0.778 e. The normalized spacial score (nSPS) is 15.3. The van der Waals surface area contributed by atoms with Gasteiger partial charge in [-0.25, -0.2) is 9.59 Å². The molecule has 2 heterocycles. The Balaban J connectivity index is 1.14. The summed E-state index contributed by atoms with van der Waals surface area (Å²) in [5.74, 6) is -1.54. The summed E-state index contributed by atoms with van der Waals surface area (Å²) in [6.45, 7) is 2.76. The highest BCUT2D eigenvalue weighted by Crippen LogP contribution is 2.54. The summed E-state index contributed by atoms with van der Waals surface area (Å²) in [5, 5.41) is 0. The molecule has 2 aliphatic heterocycles. The zero-order valence-electron chi connectivity index (χ0n) is 30.7. The first-order valence-corrected chi connectivity index (χ1v) is 20.8. The summed E-state index contributed by atoms with van der Waals surface area (Å²) in [4.78, 5) is 51.7. The van der Waals surface area contributed by atoms with Gasteiger partial charge in [0.25, 0.3) is 0 Å². The highest BCUT2D eigenvalue weighted by Gasteiger charge is 2.35. The van der Waals surface area contributed by atoms with Crippen LogP contribution in [0.3, 0.4) is 0 Å². The third kappa shape index (κ3) is 8.91. The average Bonchev–Trinajstić information content (AvgIpc) is 3.74. The van der Waals surface area contributed by atoms with Crippen molar-refractivity contribution in [2.24, 2.45) is 0 Å². The number of hydrogen-bond donors (Lipinski definition) is 0. The second-order valence-corrected chi connectivity index (χ2v) is 17.0.